The van der Waals surface area contributed by atoms with E-state index in [0.29, 0.717) is 24.7 Å². The molecule has 0 saturated carbocycles. The lowest BCUT2D eigenvalue weighted by Gasteiger charge is -2.29. The van der Waals surface area contributed by atoms with E-state index >= 15 is 0 Å². The summed E-state index contributed by atoms with van der Waals surface area (Å²) in [6.07, 6.45) is 7.67. The van der Waals surface area contributed by atoms with Gasteiger partial charge in [0.25, 0.3) is 0 Å². The van der Waals surface area contributed by atoms with Gasteiger partial charge in [-0.1, -0.05) is 11.6 Å². The van der Waals surface area contributed by atoms with E-state index in [1.165, 1.54) is 11.8 Å². The minimum atomic E-state index is 0.0301. The maximum Gasteiger partial charge on any atom is 0.244 e. The second-order valence-corrected chi connectivity index (χ2v) is 5.73. The molecular weight excluding hydrogens is 304 g/mol. The summed E-state index contributed by atoms with van der Waals surface area (Å²) in [7, 11) is 1.67. The van der Waals surface area contributed by atoms with Gasteiger partial charge in [0.2, 0.25) is 5.91 Å². The van der Waals surface area contributed by atoms with Gasteiger partial charge in [-0.25, -0.2) is 0 Å². The van der Waals surface area contributed by atoms with E-state index in [0.717, 1.165) is 17.5 Å². The van der Waals surface area contributed by atoms with Gasteiger partial charge in [0, 0.05) is 38.8 Å². The minimum Gasteiger partial charge on any atom is -0.380 e. The number of aromatic nitrogens is 3. The maximum atomic E-state index is 12.4. The molecule has 1 aliphatic heterocycles. The minimum absolute atomic E-state index is 0.0301. The molecule has 0 fully saturated rings. The highest BCUT2D eigenvalue weighted by Crippen LogP contribution is 2.22. The van der Waals surface area contributed by atoms with Crippen LogP contribution in [-0.4, -0.2) is 39.2 Å². The second kappa shape index (κ2) is 6.46. The van der Waals surface area contributed by atoms with Crippen LogP contribution in [0.15, 0.2) is 24.8 Å². The van der Waals surface area contributed by atoms with E-state index < -0.39 is 0 Å². The third-order valence-electron chi connectivity index (χ3n) is 3.78. The van der Waals surface area contributed by atoms with Crippen LogP contribution in [-0.2, 0) is 35.6 Å². The van der Waals surface area contributed by atoms with E-state index in [2.05, 4.69) is 10.1 Å². The quantitative estimate of drug-likeness (QED) is 0.859. The van der Waals surface area contributed by atoms with Crippen molar-refractivity contribution in [3.8, 4) is 0 Å². The molecule has 2 aromatic heterocycles. The molecule has 0 spiro atoms. The largest absolute Gasteiger partial charge is 0.380 e. The van der Waals surface area contributed by atoms with Crippen LogP contribution in [0.25, 0.3) is 0 Å². The first-order valence-electron chi connectivity index (χ1n) is 7.06. The number of fused-ring (bicyclic) bond motifs is 1. The lowest BCUT2D eigenvalue weighted by molar-refractivity contribution is -0.133. The Labute approximate surface area is 133 Å². The fraction of sp³-hybridized carbons (Fsp3) is 0.400. The average Bonchev–Trinajstić information content (AvgIpc) is 2.92. The van der Waals surface area contributed by atoms with Crippen molar-refractivity contribution in [1.29, 1.82) is 0 Å². The number of halogens is 1. The van der Waals surface area contributed by atoms with Crippen molar-refractivity contribution in [2.75, 3.05) is 13.7 Å². The van der Waals surface area contributed by atoms with Gasteiger partial charge in [0.1, 0.15) is 6.54 Å². The zero-order valence-corrected chi connectivity index (χ0v) is 13.1. The van der Waals surface area contributed by atoms with Gasteiger partial charge in [-0.3, -0.25) is 14.5 Å². The summed E-state index contributed by atoms with van der Waals surface area (Å²) >= 11 is 5.82. The predicted octanol–water partition coefficient (Wildman–Crippen LogP) is 1.66. The number of hydrogen-bond donors (Lipinski definition) is 0. The predicted molar refractivity (Wildman–Crippen MR) is 81.3 cm³/mol. The molecule has 3 heterocycles. The van der Waals surface area contributed by atoms with Crippen LogP contribution in [0.2, 0.25) is 5.02 Å². The number of carbonyl (C=O) groups is 1. The summed E-state index contributed by atoms with van der Waals surface area (Å²) in [5.74, 6) is 0.0301. The number of methoxy groups -OCH3 is 1. The zero-order valence-electron chi connectivity index (χ0n) is 12.3. The van der Waals surface area contributed by atoms with Crippen LogP contribution in [0.5, 0.6) is 0 Å². The summed E-state index contributed by atoms with van der Waals surface area (Å²) in [5.41, 5.74) is 3.45. The van der Waals surface area contributed by atoms with Gasteiger partial charge >= 0.3 is 0 Å². The molecule has 2 aromatic rings. The van der Waals surface area contributed by atoms with Gasteiger partial charge in [0.15, 0.2) is 0 Å². The molecule has 0 bridgehead atoms. The van der Waals surface area contributed by atoms with E-state index in [-0.39, 0.29) is 12.5 Å². The standard InChI is InChI=1S/C15H17ClN4O2/c1-22-10-12-5-17-4-11-7-19(3-2-14(11)12)15(21)9-20-8-13(16)6-18-20/h4-6,8H,2-3,7,9-10H2,1H3. The first-order chi connectivity index (χ1) is 10.7. The lowest BCUT2D eigenvalue weighted by atomic mass is 9.97. The Morgan fingerprint density at radius 1 is 1.41 bits per heavy atom. The molecule has 1 aliphatic rings. The average molecular weight is 321 g/mol. The molecule has 3 rings (SSSR count). The highest BCUT2D eigenvalue weighted by molar-refractivity contribution is 6.30. The van der Waals surface area contributed by atoms with Crippen LogP contribution in [0, 0.1) is 0 Å². The molecule has 22 heavy (non-hydrogen) atoms. The van der Waals surface area contributed by atoms with E-state index in [4.69, 9.17) is 16.3 Å². The van der Waals surface area contributed by atoms with Crippen molar-refractivity contribution in [2.24, 2.45) is 0 Å². The van der Waals surface area contributed by atoms with Crippen LogP contribution >= 0.6 is 11.6 Å². The van der Waals surface area contributed by atoms with Crippen LogP contribution in [0.4, 0.5) is 0 Å². The van der Waals surface area contributed by atoms with Crippen LogP contribution in [0.3, 0.4) is 0 Å². The monoisotopic (exact) mass is 320 g/mol. The highest BCUT2D eigenvalue weighted by atomic mass is 35.5. The summed E-state index contributed by atoms with van der Waals surface area (Å²) in [6.45, 7) is 2.03. The molecule has 0 atom stereocenters. The zero-order chi connectivity index (χ0) is 15.5. The maximum absolute atomic E-state index is 12.4. The second-order valence-electron chi connectivity index (χ2n) is 5.29. The molecule has 0 aromatic carbocycles. The van der Waals surface area contributed by atoms with Gasteiger partial charge in [-0.05, 0) is 23.1 Å². The van der Waals surface area contributed by atoms with Gasteiger partial charge in [0.05, 0.1) is 17.8 Å². The third-order valence-corrected chi connectivity index (χ3v) is 3.98. The van der Waals surface area contributed by atoms with Gasteiger partial charge < -0.3 is 9.64 Å². The van der Waals surface area contributed by atoms with Crippen molar-refractivity contribution in [1.82, 2.24) is 19.7 Å². The van der Waals surface area contributed by atoms with Crippen LogP contribution < -0.4 is 0 Å². The number of pyridine rings is 1. The number of carbonyl (C=O) groups excluding carboxylic acids is 1. The van der Waals surface area contributed by atoms with Crippen molar-refractivity contribution < 1.29 is 9.53 Å². The molecule has 0 saturated heterocycles. The summed E-state index contributed by atoms with van der Waals surface area (Å²) in [5, 5.41) is 4.57. The van der Waals surface area contributed by atoms with Crippen molar-refractivity contribution in [3.63, 3.8) is 0 Å². The Kier molecular flexibility index (Phi) is 4.40. The van der Waals surface area contributed by atoms with Crippen LogP contribution in [0.1, 0.15) is 16.7 Å². The molecular formula is C15H17ClN4O2. The first-order valence-corrected chi connectivity index (χ1v) is 7.44. The SMILES string of the molecule is COCc1cncc2c1CCN(C(=O)Cn1cc(Cl)cn1)C2. The molecule has 6 nitrogen and oxygen atoms in total. The first kappa shape index (κ1) is 15.0. The number of ether oxygens (including phenoxy) is 1. The number of rotatable bonds is 4. The van der Waals surface area contributed by atoms with E-state index in [9.17, 15) is 4.79 Å². The molecule has 0 radical (unpaired) electrons. The third kappa shape index (κ3) is 3.13. The Morgan fingerprint density at radius 2 is 2.27 bits per heavy atom. The Morgan fingerprint density at radius 3 is 3.00 bits per heavy atom. The van der Waals surface area contributed by atoms with E-state index in [1.807, 2.05) is 17.3 Å². The molecule has 116 valence electrons. The highest BCUT2D eigenvalue weighted by Gasteiger charge is 2.23. The van der Waals surface area contributed by atoms with Crippen molar-refractivity contribution in [2.45, 2.75) is 26.1 Å². The molecule has 0 N–H and O–H groups in total. The summed E-state index contributed by atoms with van der Waals surface area (Å²) in [6, 6.07) is 0. The molecule has 0 unspecified atom stereocenters. The normalized spacial score (nSPS) is 14.0. The van der Waals surface area contributed by atoms with Gasteiger partial charge in [-0.2, -0.15) is 5.10 Å². The molecule has 0 aliphatic carbocycles. The molecule has 1 amide bonds. The topological polar surface area (TPSA) is 60.2 Å². The summed E-state index contributed by atoms with van der Waals surface area (Å²) in [4.78, 5) is 18.4. The van der Waals surface area contributed by atoms with E-state index in [1.54, 1.807) is 18.0 Å². The number of hydrogen-bond acceptors (Lipinski definition) is 4. The van der Waals surface area contributed by atoms with Crippen molar-refractivity contribution >= 4 is 17.5 Å². The fourth-order valence-electron chi connectivity index (χ4n) is 2.72. The van der Waals surface area contributed by atoms with Gasteiger partial charge in [-0.15, -0.1) is 0 Å². The summed E-state index contributed by atoms with van der Waals surface area (Å²) < 4.78 is 6.76. The fourth-order valence-corrected chi connectivity index (χ4v) is 2.88. The number of nitrogens with zero attached hydrogens (tertiary/aromatic N) is 4. The number of amides is 1. The Hall–Kier alpha value is -1.92. The Balaban J connectivity index is 1.71. The van der Waals surface area contributed by atoms with Crippen molar-refractivity contribution in [3.05, 3.63) is 46.5 Å². The Bertz CT molecular complexity index is 686. The lowest BCUT2D eigenvalue weighted by Crippen LogP contribution is -2.38. The smallest absolute Gasteiger partial charge is 0.244 e. The molecule has 7 heteroatoms.